The number of nitrogens with zero attached hydrogens (tertiary/aromatic N) is 1. The molecule has 1 aliphatic heterocycles. The number of benzene rings is 2. The molecule has 11 heteroatoms. The zero-order chi connectivity index (χ0) is 21.9. The highest BCUT2D eigenvalue weighted by atomic mass is 32.2. The molecule has 1 fully saturated rings. The van der Waals surface area contributed by atoms with Crippen LogP contribution in [0.15, 0.2) is 58.3 Å². The first-order valence-electron chi connectivity index (χ1n) is 9.24. The van der Waals surface area contributed by atoms with Crippen LogP contribution in [0.5, 0.6) is 0 Å². The molecular formula is C19H22FN3O5S2. The van der Waals surface area contributed by atoms with Crippen LogP contribution >= 0.6 is 0 Å². The number of carbonyl (C=O) groups is 1. The van der Waals surface area contributed by atoms with Gasteiger partial charge in [-0.15, -0.1) is 0 Å². The second kappa shape index (κ2) is 8.80. The van der Waals surface area contributed by atoms with Crippen LogP contribution in [0.1, 0.15) is 12.8 Å². The maximum absolute atomic E-state index is 13.9. The average molecular weight is 456 g/mol. The summed E-state index contributed by atoms with van der Waals surface area (Å²) in [5, 5.41) is 2.72. The fraction of sp³-hybridized carbons (Fsp3) is 0.316. The van der Waals surface area contributed by atoms with Gasteiger partial charge in [-0.2, -0.15) is 4.31 Å². The van der Waals surface area contributed by atoms with Crippen molar-refractivity contribution in [2.75, 3.05) is 25.5 Å². The third kappa shape index (κ3) is 4.69. The third-order valence-corrected chi connectivity index (χ3v) is 8.34. The Kier molecular flexibility index (Phi) is 6.56. The summed E-state index contributed by atoms with van der Waals surface area (Å²) < 4.78 is 66.1. The lowest BCUT2D eigenvalue weighted by Crippen LogP contribution is -2.41. The van der Waals surface area contributed by atoms with Crippen molar-refractivity contribution < 1.29 is 26.0 Å². The van der Waals surface area contributed by atoms with Crippen molar-refractivity contribution in [3.63, 3.8) is 0 Å². The normalized spacial score (nSPS) is 16.3. The largest absolute Gasteiger partial charge is 0.326 e. The molecule has 1 heterocycles. The first kappa shape index (κ1) is 22.3. The van der Waals surface area contributed by atoms with Crippen LogP contribution in [0.4, 0.5) is 10.1 Å². The van der Waals surface area contributed by atoms with E-state index in [0.717, 1.165) is 6.07 Å². The molecule has 2 aromatic rings. The Hall–Kier alpha value is -2.34. The molecule has 0 unspecified atom stereocenters. The molecule has 2 N–H and O–H groups in total. The van der Waals surface area contributed by atoms with Gasteiger partial charge in [0.1, 0.15) is 10.7 Å². The number of hydrogen-bond acceptors (Lipinski definition) is 5. The van der Waals surface area contributed by atoms with Crippen molar-refractivity contribution in [3.8, 4) is 0 Å². The lowest BCUT2D eigenvalue weighted by molar-refractivity contribution is -0.120. The molecule has 1 aliphatic rings. The highest BCUT2D eigenvalue weighted by molar-refractivity contribution is 7.89. The van der Waals surface area contributed by atoms with E-state index in [-0.39, 0.29) is 28.8 Å². The van der Waals surface area contributed by atoms with Gasteiger partial charge < -0.3 is 5.32 Å². The van der Waals surface area contributed by atoms with E-state index in [1.807, 2.05) is 0 Å². The smallest absolute Gasteiger partial charge is 0.245 e. The van der Waals surface area contributed by atoms with E-state index in [9.17, 15) is 26.0 Å². The van der Waals surface area contributed by atoms with E-state index >= 15 is 0 Å². The van der Waals surface area contributed by atoms with Gasteiger partial charge >= 0.3 is 0 Å². The number of carbonyl (C=O) groups excluding carboxylic acids is 1. The number of nitrogens with one attached hydrogen (secondary N) is 2. The summed E-state index contributed by atoms with van der Waals surface area (Å²) >= 11 is 0. The summed E-state index contributed by atoms with van der Waals surface area (Å²) in [6, 6.07) is 10.9. The number of halogens is 1. The van der Waals surface area contributed by atoms with Gasteiger partial charge in [0, 0.05) is 24.7 Å². The van der Waals surface area contributed by atoms with Gasteiger partial charge in [-0.05, 0) is 56.3 Å². The summed E-state index contributed by atoms with van der Waals surface area (Å²) in [5.41, 5.74) is 0.441. The third-order valence-electron chi connectivity index (χ3n) is 4.98. The lowest BCUT2D eigenvalue weighted by atomic mass is 9.97. The van der Waals surface area contributed by atoms with Crippen LogP contribution in [0.3, 0.4) is 0 Å². The Morgan fingerprint density at radius 1 is 1.00 bits per heavy atom. The number of amides is 1. The molecule has 0 bridgehead atoms. The molecule has 0 atom stereocenters. The maximum atomic E-state index is 13.9. The van der Waals surface area contributed by atoms with E-state index < -0.39 is 31.8 Å². The second-order valence-corrected chi connectivity index (χ2v) is 10.6. The van der Waals surface area contributed by atoms with Gasteiger partial charge in [0.25, 0.3) is 0 Å². The molecule has 162 valence electrons. The minimum absolute atomic E-state index is 0.0784. The Morgan fingerprint density at radius 3 is 2.17 bits per heavy atom. The Bertz CT molecular complexity index is 1130. The predicted octanol–water partition coefficient (Wildman–Crippen LogP) is 1.77. The van der Waals surface area contributed by atoms with Crippen molar-refractivity contribution in [2.24, 2.45) is 5.92 Å². The average Bonchev–Trinajstić information content (AvgIpc) is 2.74. The highest BCUT2D eigenvalue weighted by Crippen LogP contribution is 2.26. The molecule has 0 aromatic heterocycles. The van der Waals surface area contributed by atoms with Crippen molar-refractivity contribution in [2.45, 2.75) is 22.6 Å². The van der Waals surface area contributed by atoms with Crippen LogP contribution < -0.4 is 10.0 Å². The lowest BCUT2D eigenvalue weighted by Gasteiger charge is -2.30. The molecule has 0 radical (unpaired) electrons. The zero-order valence-corrected chi connectivity index (χ0v) is 17.8. The van der Waals surface area contributed by atoms with Gasteiger partial charge in [-0.3, -0.25) is 4.79 Å². The first-order valence-corrected chi connectivity index (χ1v) is 12.2. The molecule has 3 rings (SSSR count). The van der Waals surface area contributed by atoms with Crippen molar-refractivity contribution in [1.82, 2.24) is 9.03 Å². The van der Waals surface area contributed by atoms with Gasteiger partial charge in [0.05, 0.1) is 4.90 Å². The molecule has 0 spiro atoms. The summed E-state index contributed by atoms with van der Waals surface area (Å²) in [7, 11) is -6.21. The molecule has 2 aromatic carbocycles. The molecule has 1 amide bonds. The van der Waals surface area contributed by atoms with E-state index in [2.05, 4.69) is 10.0 Å². The van der Waals surface area contributed by atoms with Gasteiger partial charge in [0.2, 0.25) is 26.0 Å². The summed E-state index contributed by atoms with van der Waals surface area (Å²) in [5.74, 6) is -1.49. The summed E-state index contributed by atoms with van der Waals surface area (Å²) in [4.78, 5) is 12.2. The Morgan fingerprint density at radius 2 is 1.60 bits per heavy atom. The van der Waals surface area contributed by atoms with Gasteiger partial charge in [0.15, 0.2) is 0 Å². The van der Waals surface area contributed by atoms with Crippen molar-refractivity contribution in [3.05, 3.63) is 54.3 Å². The number of piperidine rings is 1. The molecule has 1 saturated heterocycles. The number of anilines is 1. The number of rotatable bonds is 6. The van der Waals surface area contributed by atoms with Crippen LogP contribution in [0.2, 0.25) is 0 Å². The fourth-order valence-electron chi connectivity index (χ4n) is 3.23. The monoisotopic (exact) mass is 455 g/mol. The molecule has 8 nitrogen and oxygen atoms in total. The van der Waals surface area contributed by atoms with Gasteiger partial charge in [-0.1, -0.05) is 12.1 Å². The molecule has 0 saturated carbocycles. The molecule has 30 heavy (non-hydrogen) atoms. The summed E-state index contributed by atoms with van der Waals surface area (Å²) in [6.07, 6.45) is 0.595. The predicted molar refractivity (Wildman–Crippen MR) is 109 cm³/mol. The Labute approximate surface area is 175 Å². The van der Waals surface area contributed by atoms with E-state index in [4.69, 9.17) is 0 Å². The minimum atomic E-state index is -3.96. The highest BCUT2D eigenvalue weighted by Gasteiger charge is 2.33. The maximum Gasteiger partial charge on any atom is 0.245 e. The van der Waals surface area contributed by atoms with E-state index in [1.54, 1.807) is 0 Å². The molecule has 0 aliphatic carbocycles. The van der Waals surface area contributed by atoms with Crippen LogP contribution in [0.25, 0.3) is 0 Å². The number of sulfonamides is 2. The van der Waals surface area contributed by atoms with Gasteiger partial charge in [-0.25, -0.2) is 25.9 Å². The van der Waals surface area contributed by atoms with Crippen LogP contribution in [-0.2, 0) is 24.8 Å². The van der Waals surface area contributed by atoms with Crippen LogP contribution in [0, 0.1) is 11.7 Å². The minimum Gasteiger partial charge on any atom is -0.326 e. The zero-order valence-electron chi connectivity index (χ0n) is 16.2. The SMILES string of the molecule is CNS(=O)(=O)c1ccc(NC(=O)C2CCN(S(=O)(=O)c3ccccc3F)CC2)cc1. The van der Waals surface area contributed by atoms with Crippen molar-refractivity contribution in [1.29, 1.82) is 0 Å². The second-order valence-electron chi connectivity index (χ2n) is 6.83. The quantitative estimate of drug-likeness (QED) is 0.689. The van der Waals surface area contributed by atoms with Crippen LogP contribution in [-0.4, -0.2) is 47.2 Å². The number of hydrogen-bond donors (Lipinski definition) is 2. The molecular weight excluding hydrogens is 433 g/mol. The summed E-state index contributed by atoms with van der Waals surface area (Å²) in [6.45, 7) is 0.211. The van der Waals surface area contributed by atoms with Crippen molar-refractivity contribution >= 4 is 31.6 Å². The van der Waals surface area contributed by atoms with E-state index in [1.165, 1.54) is 53.8 Å². The standard InChI is InChI=1S/C19H22FN3O5S2/c1-21-29(25,26)16-8-6-15(7-9-16)22-19(24)14-10-12-23(13-11-14)30(27,28)18-5-3-2-4-17(18)20/h2-9,14,21H,10-13H2,1H3,(H,22,24). The van der Waals surface area contributed by atoms with E-state index in [0.29, 0.717) is 18.5 Å². The Balaban J connectivity index is 1.61. The fourth-order valence-corrected chi connectivity index (χ4v) is 5.50. The topological polar surface area (TPSA) is 113 Å². The first-order chi connectivity index (χ1) is 14.1.